The summed E-state index contributed by atoms with van der Waals surface area (Å²) in [5.74, 6) is 2.53. The summed E-state index contributed by atoms with van der Waals surface area (Å²) in [5.41, 5.74) is 0.954. The number of carbonyl (C=O) groups is 1. The van der Waals surface area contributed by atoms with E-state index in [1.54, 1.807) is 25.3 Å². The monoisotopic (exact) mass is 559 g/mol. The predicted molar refractivity (Wildman–Crippen MR) is 132 cm³/mol. The number of aliphatic imine (C=N–C) groups is 1. The third-order valence-corrected chi connectivity index (χ3v) is 5.24. The van der Waals surface area contributed by atoms with E-state index in [0.717, 1.165) is 68.9 Å². The second-order valence-corrected chi connectivity index (χ2v) is 7.84. The van der Waals surface area contributed by atoms with E-state index in [2.05, 4.69) is 42.4 Å². The van der Waals surface area contributed by atoms with Crippen LogP contribution in [0.15, 0.2) is 21.9 Å². The number of aryl methyl sites for hydroxylation is 2. The number of nitrogens with zero attached hydrogens (tertiary/aromatic N) is 8. The number of aromatic nitrogens is 4. The molecule has 1 saturated heterocycles. The van der Waals surface area contributed by atoms with Gasteiger partial charge in [0.05, 0.1) is 5.69 Å². The van der Waals surface area contributed by atoms with Crippen LogP contribution in [0.4, 0.5) is 0 Å². The van der Waals surface area contributed by atoms with E-state index in [4.69, 9.17) is 4.52 Å². The van der Waals surface area contributed by atoms with Crippen molar-refractivity contribution in [3.63, 3.8) is 0 Å². The molecule has 0 spiro atoms. The van der Waals surface area contributed by atoms with Crippen LogP contribution in [-0.2, 0) is 24.3 Å². The molecule has 2 aromatic rings. The van der Waals surface area contributed by atoms with Gasteiger partial charge in [-0.25, -0.2) is 4.99 Å². The zero-order valence-electron chi connectivity index (χ0n) is 19.3. The van der Waals surface area contributed by atoms with Gasteiger partial charge in [0.25, 0.3) is 0 Å². The molecular weight excluding hydrogens is 525 g/mol. The average molecular weight is 559 g/mol. The van der Waals surface area contributed by atoms with Crippen LogP contribution in [0.5, 0.6) is 0 Å². The van der Waals surface area contributed by atoms with Gasteiger partial charge in [-0.3, -0.25) is 9.69 Å². The van der Waals surface area contributed by atoms with E-state index in [9.17, 15) is 4.79 Å². The van der Waals surface area contributed by atoms with E-state index in [0.29, 0.717) is 6.54 Å². The lowest BCUT2D eigenvalue weighted by Gasteiger charge is -2.36. The van der Waals surface area contributed by atoms with Crippen LogP contribution in [0.2, 0.25) is 0 Å². The van der Waals surface area contributed by atoms with Crippen molar-refractivity contribution in [2.45, 2.75) is 33.4 Å². The topological polar surface area (TPSA) is 108 Å². The number of nitrogens with one attached hydrogen (secondary N) is 1. The molecule has 32 heavy (non-hydrogen) atoms. The molecule has 0 unspecified atom stereocenters. The molecule has 0 radical (unpaired) electrons. The number of carbonyl (C=O) groups excluding carboxylic acids is 1. The minimum atomic E-state index is -0.0218. The van der Waals surface area contributed by atoms with Gasteiger partial charge in [-0.05, 0) is 6.92 Å². The second-order valence-electron chi connectivity index (χ2n) is 7.84. The lowest BCUT2D eigenvalue weighted by molar-refractivity contribution is -0.127. The van der Waals surface area contributed by atoms with Crippen molar-refractivity contribution in [1.29, 1.82) is 0 Å². The summed E-state index contributed by atoms with van der Waals surface area (Å²) < 4.78 is 7.20. The Morgan fingerprint density at radius 2 is 2.03 bits per heavy atom. The molecule has 1 aliphatic heterocycles. The Labute approximate surface area is 206 Å². The van der Waals surface area contributed by atoms with Gasteiger partial charge in [-0.15, -0.1) is 34.2 Å². The maximum atomic E-state index is 12.1. The standard InChI is InChI=1S/C20H33N9O2.HI/c1-5-18-24-23-15-29(18)7-6-21-20(22-13-19(30)26(3)4)28-10-8-27(9-11-28)14-17-12-16(2)31-25-17;/h12,15H,5-11,13-14H2,1-4H3,(H,21,22);1H. The highest BCUT2D eigenvalue weighted by Crippen LogP contribution is 2.09. The third-order valence-electron chi connectivity index (χ3n) is 5.24. The highest BCUT2D eigenvalue weighted by atomic mass is 127. The number of halogens is 1. The molecule has 11 nitrogen and oxygen atoms in total. The lowest BCUT2D eigenvalue weighted by Crippen LogP contribution is -2.52. The van der Waals surface area contributed by atoms with E-state index in [1.807, 2.05) is 17.6 Å². The number of hydrogen-bond acceptors (Lipinski definition) is 7. The number of hydrogen-bond donors (Lipinski definition) is 1. The van der Waals surface area contributed by atoms with Crippen molar-refractivity contribution in [3.8, 4) is 0 Å². The van der Waals surface area contributed by atoms with Crippen LogP contribution in [0.1, 0.15) is 24.2 Å². The van der Waals surface area contributed by atoms with Gasteiger partial charge in [0.15, 0.2) is 5.96 Å². The van der Waals surface area contributed by atoms with E-state index in [1.165, 1.54) is 0 Å². The van der Waals surface area contributed by atoms with Crippen LogP contribution < -0.4 is 5.32 Å². The largest absolute Gasteiger partial charge is 0.361 e. The first-order valence-electron chi connectivity index (χ1n) is 10.7. The normalized spacial score (nSPS) is 14.9. The van der Waals surface area contributed by atoms with Gasteiger partial charge < -0.3 is 24.2 Å². The molecule has 12 heteroatoms. The first kappa shape index (κ1) is 26.0. The van der Waals surface area contributed by atoms with Crippen LogP contribution >= 0.6 is 24.0 Å². The van der Waals surface area contributed by atoms with Crippen LogP contribution in [0.25, 0.3) is 0 Å². The fourth-order valence-corrected chi connectivity index (χ4v) is 3.42. The fourth-order valence-electron chi connectivity index (χ4n) is 3.42. The van der Waals surface area contributed by atoms with Gasteiger partial charge in [-0.2, -0.15) is 0 Å². The van der Waals surface area contributed by atoms with Crippen molar-refractivity contribution in [2.75, 3.05) is 53.4 Å². The Bertz CT molecular complexity index is 872. The molecule has 0 aromatic carbocycles. The summed E-state index contributed by atoms with van der Waals surface area (Å²) in [6.45, 7) is 9.71. The second kappa shape index (κ2) is 12.7. The molecule has 0 atom stereocenters. The van der Waals surface area contributed by atoms with Gasteiger partial charge in [0, 0.05) is 72.4 Å². The Hall–Kier alpha value is -2.22. The molecule has 1 N–H and O–H groups in total. The summed E-state index contributed by atoms with van der Waals surface area (Å²) in [7, 11) is 3.49. The van der Waals surface area contributed by atoms with Gasteiger partial charge in [-0.1, -0.05) is 12.1 Å². The molecule has 3 heterocycles. The molecule has 1 aliphatic rings. The molecular formula is C20H34IN9O2. The van der Waals surface area contributed by atoms with Crippen LogP contribution in [0.3, 0.4) is 0 Å². The summed E-state index contributed by atoms with van der Waals surface area (Å²) in [4.78, 5) is 22.8. The first-order chi connectivity index (χ1) is 15.0. The Morgan fingerprint density at radius 3 is 2.66 bits per heavy atom. The minimum Gasteiger partial charge on any atom is -0.361 e. The maximum Gasteiger partial charge on any atom is 0.243 e. The molecule has 0 bridgehead atoms. The van der Waals surface area contributed by atoms with Crippen LogP contribution in [0, 0.1) is 6.92 Å². The number of guanidine groups is 1. The molecule has 1 fully saturated rings. The molecule has 1 amide bonds. The molecule has 3 rings (SSSR count). The zero-order chi connectivity index (χ0) is 22.2. The molecule has 178 valence electrons. The zero-order valence-corrected chi connectivity index (χ0v) is 21.7. The highest BCUT2D eigenvalue weighted by molar-refractivity contribution is 14.0. The smallest absolute Gasteiger partial charge is 0.243 e. The van der Waals surface area contributed by atoms with Gasteiger partial charge in [0.1, 0.15) is 24.5 Å². The summed E-state index contributed by atoms with van der Waals surface area (Å²) in [6, 6.07) is 1.98. The van der Waals surface area contributed by atoms with Crippen LogP contribution in [-0.4, -0.2) is 99.9 Å². The molecule has 2 aromatic heterocycles. The van der Waals surface area contributed by atoms with E-state index < -0.39 is 0 Å². The van der Waals surface area contributed by atoms with Gasteiger partial charge in [0.2, 0.25) is 5.91 Å². The summed E-state index contributed by atoms with van der Waals surface area (Å²) >= 11 is 0. The van der Waals surface area contributed by atoms with Crippen molar-refractivity contribution in [1.82, 2.24) is 39.9 Å². The van der Waals surface area contributed by atoms with E-state index in [-0.39, 0.29) is 36.4 Å². The van der Waals surface area contributed by atoms with Crippen molar-refractivity contribution >= 4 is 35.8 Å². The SMILES string of the molecule is CCc1nncn1CCNC(=NCC(=O)N(C)C)N1CCN(Cc2cc(C)on2)CC1.I. The Balaban J connectivity index is 0.00000363. The molecule has 0 aliphatic carbocycles. The quantitative estimate of drug-likeness (QED) is 0.285. The summed E-state index contributed by atoms with van der Waals surface area (Å²) in [5, 5.41) is 15.6. The van der Waals surface area contributed by atoms with Crippen molar-refractivity contribution in [3.05, 3.63) is 29.7 Å². The Morgan fingerprint density at radius 1 is 1.28 bits per heavy atom. The number of piperazine rings is 1. The van der Waals surface area contributed by atoms with E-state index >= 15 is 0 Å². The van der Waals surface area contributed by atoms with Crippen molar-refractivity contribution in [2.24, 2.45) is 4.99 Å². The Kier molecular flexibility index (Phi) is 10.4. The minimum absolute atomic E-state index is 0. The number of rotatable bonds is 8. The number of likely N-dealkylation sites (N-methyl/N-ethyl adjacent to an activating group) is 1. The van der Waals surface area contributed by atoms with Gasteiger partial charge >= 0.3 is 0 Å². The first-order valence-corrected chi connectivity index (χ1v) is 10.7. The summed E-state index contributed by atoms with van der Waals surface area (Å²) in [6.07, 6.45) is 2.59. The maximum absolute atomic E-state index is 12.1. The lowest BCUT2D eigenvalue weighted by atomic mass is 10.3. The number of amides is 1. The fraction of sp³-hybridized carbons (Fsp3) is 0.650. The third kappa shape index (κ3) is 7.43. The highest BCUT2D eigenvalue weighted by Gasteiger charge is 2.21. The molecule has 0 saturated carbocycles. The predicted octanol–water partition coefficient (Wildman–Crippen LogP) is 0.607. The average Bonchev–Trinajstić information content (AvgIpc) is 3.39. The van der Waals surface area contributed by atoms with Crippen molar-refractivity contribution < 1.29 is 9.32 Å².